The highest BCUT2D eigenvalue weighted by atomic mass is 16.2. The number of nitrogens with one attached hydrogen (secondary N) is 1. The monoisotopic (exact) mass is 255 g/mol. The largest absolute Gasteiger partial charge is 0.331 e. The van der Waals surface area contributed by atoms with Crippen molar-refractivity contribution in [2.24, 2.45) is 0 Å². The lowest BCUT2D eigenvalue weighted by molar-refractivity contribution is 0.150. The number of rotatable bonds is 5. The van der Waals surface area contributed by atoms with Crippen molar-refractivity contribution < 1.29 is 4.79 Å². The number of piperidine rings is 1. The second kappa shape index (κ2) is 7.62. The second-order valence-electron chi connectivity index (χ2n) is 5.65. The number of nitrogens with zero attached hydrogens (tertiary/aromatic N) is 2. The first-order valence-electron chi connectivity index (χ1n) is 7.26. The molecule has 4 heteroatoms. The molecule has 0 radical (unpaired) electrons. The van der Waals surface area contributed by atoms with E-state index in [1.807, 2.05) is 19.0 Å². The summed E-state index contributed by atoms with van der Waals surface area (Å²) < 4.78 is 0. The van der Waals surface area contributed by atoms with E-state index in [1.165, 1.54) is 19.3 Å². The van der Waals surface area contributed by atoms with Crippen molar-refractivity contribution in [3.63, 3.8) is 0 Å². The maximum Gasteiger partial charge on any atom is 0.319 e. The van der Waals surface area contributed by atoms with E-state index >= 15 is 0 Å². The Hall–Kier alpha value is -0.770. The molecule has 2 amide bonds. The van der Waals surface area contributed by atoms with Crippen LogP contribution in [0, 0.1) is 0 Å². The SMILES string of the molecule is CCCCC(C)NC1CCN(C(=O)N(C)C)CC1. The third-order valence-corrected chi connectivity index (χ3v) is 3.66. The summed E-state index contributed by atoms with van der Waals surface area (Å²) in [6.45, 7) is 6.27. The summed E-state index contributed by atoms with van der Waals surface area (Å²) >= 11 is 0. The van der Waals surface area contributed by atoms with Crippen LogP contribution >= 0.6 is 0 Å². The van der Waals surface area contributed by atoms with Crippen LogP contribution in [0.2, 0.25) is 0 Å². The second-order valence-corrected chi connectivity index (χ2v) is 5.65. The van der Waals surface area contributed by atoms with Gasteiger partial charge in [0.15, 0.2) is 0 Å². The molecule has 0 bridgehead atoms. The molecule has 1 unspecified atom stereocenters. The smallest absolute Gasteiger partial charge is 0.319 e. The highest BCUT2D eigenvalue weighted by Gasteiger charge is 2.24. The number of unbranched alkanes of at least 4 members (excludes halogenated alkanes) is 1. The molecule has 4 nitrogen and oxygen atoms in total. The molecule has 1 aliphatic heterocycles. The highest BCUT2D eigenvalue weighted by Crippen LogP contribution is 2.13. The Morgan fingerprint density at radius 3 is 2.50 bits per heavy atom. The fraction of sp³-hybridized carbons (Fsp3) is 0.929. The normalized spacial score (nSPS) is 18.8. The molecular formula is C14H29N3O. The van der Waals surface area contributed by atoms with Crippen LogP contribution in [-0.2, 0) is 0 Å². The van der Waals surface area contributed by atoms with Gasteiger partial charge in [0.1, 0.15) is 0 Å². The Balaban J connectivity index is 2.25. The minimum Gasteiger partial charge on any atom is -0.331 e. The van der Waals surface area contributed by atoms with Crippen LogP contribution in [0.25, 0.3) is 0 Å². The molecule has 1 saturated heterocycles. The van der Waals surface area contributed by atoms with Crippen molar-refractivity contribution >= 4 is 6.03 Å². The van der Waals surface area contributed by atoms with E-state index in [2.05, 4.69) is 19.2 Å². The number of carbonyl (C=O) groups excluding carboxylic acids is 1. The Bertz CT molecular complexity index is 247. The first kappa shape index (κ1) is 15.3. The molecule has 106 valence electrons. The molecule has 1 fully saturated rings. The Morgan fingerprint density at radius 1 is 1.39 bits per heavy atom. The number of hydrogen-bond donors (Lipinski definition) is 1. The molecule has 0 aromatic carbocycles. The maximum absolute atomic E-state index is 11.8. The zero-order chi connectivity index (χ0) is 13.5. The summed E-state index contributed by atoms with van der Waals surface area (Å²) in [5.74, 6) is 0. The van der Waals surface area contributed by atoms with Gasteiger partial charge in [0.25, 0.3) is 0 Å². The van der Waals surface area contributed by atoms with E-state index in [4.69, 9.17) is 0 Å². The van der Waals surface area contributed by atoms with Crippen molar-refractivity contribution in [2.75, 3.05) is 27.2 Å². The van der Waals surface area contributed by atoms with Crippen LogP contribution in [0.1, 0.15) is 46.0 Å². The molecular weight excluding hydrogens is 226 g/mol. The third kappa shape index (κ3) is 4.84. The van der Waals surface area contributed by atoms with Crippen molar-refractivity contribution in [1.82, 2.24) is 15.1 Å². The van der Waals surface area contributed by atoms with Crippen molar-refractivity contribution in [3.05, 3.63) is 0 Å². The standard InChI is InChI=1S/C14H29N3O/c1-5-6-7-12(2)15-13-8-10-17(11-9-13)14(18)16(3)4/h12-13,15H,5-11H2,1-4H3. The van der Waals surface area contributed by atoms with E-state index in [0.29, 0.717) is 12.1 Å². The molecule has 0 aromatic rings. The lowest BCUT2D eigenvalue weighted by Crippen LogP contribution is -2.49. The van der Waals surface area contributed by atoms with Crippen molar-refractivity contribution in [3.8, 4) is 0 Å². The van der Waals surface area contributed by atoms with Gasteiger partial charge < -0.3 is 15.1 Å². The van der Waals surface area contributed by atoms with Gasteiger partial charge in [-0.2, -0.15) is 0 Å². The molecule has 1 rings (SSSR count). The van der Waals surface area contributed by atoms with Gasteiger partial charge in [-0.15, -0.1) is 0 Å². The zero-order valence-corrected chi connectivity index (χ0v) is 12.4. The quantitative estimate of drug-likeness (QED) is 0.818. The summed E-state index contributed by atoms with van der Waals surface area (Å²) in [7, 11) is 3.64. The van der Waals surface area contributed by atoms with Crippen LogP contribution in [0.3, 0.4) is 0 Å². The Kier molecular flexibility index (Phi) is 6.47. The minimum atomic E-state index is 0.146. The van der Waals surface area contributed by atoms with Crippen LogP contribution < -0.4 is 5.32 Å². The molecule has 0 aliphatic carbocycles. The van der Waals surface area contributed by atoms with E-state index in [0.717, 1.165) is 25.9 Å². The zero-order valence-electron chi connectivity index (χ0n) is 12.4. The average Bonchev–Trinajstić information content (AvgIpc) is 2.36. The molecule has 18 heavy (non-hydrogen) atoms. The molecule has 1 N–H and O–H groups in total. The average molecular weight is 255 g/mol. The van der Waals surface area contributed by atoms with Crippen LogP contribution in [0.5, 0.6) is 0 Å². The lowest BCUT2D eigenvalue weighted by atomic mass is 10.0. The molecule has 0 spiro atoms. The fourth-order valence-corrected chi connectivity index (χ4v) is 2.52. The Morgan fingerprint density at radius 2 is 2.00 bits per heavy atom. The maximum atomic E-state index is 11.8. The molecule has 0 saturated carbocycles. The van der Waals surface area contributed by atoms with Crippen LogP contribution in [0.4, 0.5) is 4.79 Å². The predicted molar refractivity (Wildman–Crippen MR) is 75.8 cm³/mol. The molecule has 1 atom stereocenters. The molecule has 1 heterocycles. The number of urea groups is 1. The summed E-state index contributed by atoms with van der Waals surface area (Å²) in [5.41, 5.74) is 0. The van der Waals surface area contributed by atoms with Crippen molar-refractivity contribution in [2.45, 2.75) is 58.0 Å². The van der Waals surface area contributed by atoms with Gasteiger partial charge in [-0.05, 0) is 26.2 Å². The van der Waals surface area contributed by atoms with E-state index in [9.17, 15) is 4.79 Å². The summed E-state index contributed by atoms with van der Waals surface area (Å²) in [6.07, 6.45) is 5.98. The third-order valence-electron chi connectivity index (χ3n) is 3.66. The van der Waals surface area contributed by atoms with Crippen LogP contribution in [-0.4, -0.2) is 55.1 Å². The summed E-state index contributed by atoms with van der Waals surface area (Å²) in [4.78, 5) is 15.4. The lowest BCUT2D eigenvalue weighted by Gasteiger charge is -2.35. The van der Waals surface area contributed by atoms with Gasteiger partial charge in [0.05, 0.1) is 0 Å². The van der Waals surface area contributed by atoms with Crippen molar-refractivity contribution in [1.29, 1.82) is 0 Å². The van der Waals surface area contributed by atoms with Gasteiger partial charge in [-0.25, -0.2) is 4.79 Å². The summed E-state index contributed by atoms with van der Waals surface area (Å²) in [6, 6.07) is 1.33. The minimum absolute atomic E-state index is 0.146. The topological polar surface area (TPSA) is 35.6 Å². The Labute approximate surface area is 112 Å². The number of hydrogen-bond acceptors (Lipinski definition) is 2. The number of likely N-dealkylation sites (tertiary alicyclic amines) is 1. The molecule has 1 aliphatic rings. The predicted octanol–water partition coefficient (Wildman–Crippen LogP) is 2.30. The van der Waals surface area contributed by atoms with Gasteiger partial charge in [0.2, 0.25) is 0 Å². The first-order valence-corrected chi connectivity index (χ1v) is 7.26. The van der Waals surface area contributed by atoms with E-state index in [-0.39, 0.29) is 6.03 Å². The van der Waals surface area contributed by atoms with Gasteiger partial charge in [-0.3, -0.25) is 0 Å². The van der Waals surface area contributed by atoms with Crippen LogP contribution in [0.15, 0.2) is 0 Å². The number of carbonyl (C=O) groups is 1. The summed E-state index contributed by atoms with van der Waals surface area (Å²) in [5, 5.41) is 3.69. The number of amides is 2. The van der Waals surface area contributed by atoms with E-state index < -0.39 is 0 Å². The first-order chi connectivity index (χ1) is 8.54. The van der Waals surface area contributed by atoms with Gasteiger partial charge in [-0.1, -0.05) is 19.8 Å². The highest BCUT2D eigenvalue weighted by molar-refractivity contribution is 5.73. The fourth-order valence-electron chi connectivity index (χ4n) is 2.52. The van der Waals surface area contributed by atoms with Gasteiger partial charge >= 0.3 is 6.03 Å². The van der Waals surface area contributed by atoms with E-state index in [1.54, 1.807) is 4.90 Å². The van der Waals surface area contributed by atoms with Gasteiger partial charge in [0, 0.05) is 39.3 Å². The molecule has 0 aromatic heterocycles.